The second kappa shape index (κ2) is 5.19. The van der Waals surface area contributed by atoms with Gasteiger partial charge >= 0.3 is 0 Å². The summed E-state index contributed by atoms with van der Waals surface area (Å²) in [6.07, 6.45) is 1.77. The Labute approximate surface area is 130 Å². The van der Waals surface area contributed by atoms with Gasteiger partial charge < -0.3 is 0 Å². The standard InChI is InChI=1S/C15H13BrClN3/c1-9-5-6-13(11(16)8-9)20-14(10(2)17)19-12-4-3-7-18-15(12)20/h3-8,10H,1-2H3. The Bertz CT molecular complexity index is 780. The van der Waals surface area contributed by atoms with Gasteiger partial charge in [0.2, 0.25) is 0 Å². The third-order valence-corrected chi connectivity index (χ3v) is 3.97. The van der Waals surface area contributed by atoms with Gasteiger partial charge in [-0.3, -0.25) is 4.57 Å². The van der Waals surface area contributed by atoms with Crippen molar-refractivity contribution in [3.05, 3.63) is 52.4 Å². The summed E-state index contributed by atoms with van der Waals surface area (Å²) < 4.78 is 3.01. The van der Waals surface area contributed by atoms with Gasteiger partial charge in [0, 0.05) is 10.7 Å². The number of aromatic nitrogens is 3. The number of benzene rings is 1. The maximum Gasteiger partial charge on any atom is 0.164 e. The number of imidazole rings is 1. The summed E-state index contributed by atoms with van der Waals surface area (Å²) in [4.78, 5) is 9.04. The predicted octanol–water partition coefficient (Wildman–Crippen LogP) is 4.79. The minimum atomic E-state index is -0.197. The minimum Gasteiger partial charge on any atom is -0.278 e. The molecule has 2 aromatic heterocycles. The lowest BCUT2D eigenvalue weighted by molar-refractivity contribution is 0.874. The number of aryl methyl sites for hydroxylation is 1. The molecule has 0 aliphatic heterocycles. The summed E-state index contributed by atoms with van der Waals surface area (Å²) in [7, 11) is 0. The SMILES string of the molecule is Cc1ccc(-n2c(C(C)Cl)nc3cccnc32)c(Br)c1. The number of nitrogens with zero attached hydrogens (tertiary/aromatic N) is 3. The zero-order valence-corrected chi connectivity index (χ0v) is 13.5. The average Bonchev–Trinajstić information content (AvgIpc) is 2.78. The summed E-state index contributed by atoms with van der Waals surface area (Å²) in [5.41, 5.74) is 3.86. The second-order valence-electron chi connectivity index (χ2n) is 4.72. The van der Waals surface area contributed by atoms with Crippen molar-refractivity contribution >= 4 is 38.7 Å². The number of hydrogen-bond donors (Lipinski definition) is 0. The zero-order chi connectivity index (χ0) is 14.3. The Kier molecular flexibility index (Phi) is 3.52. The molecule has 3 rings (SSSR count). The Morgan fingerprint density at radius 3 is 2.80 bits per heavy atom. The highest BCUT2D eigenvalue weighted by atomic mass is 79.9. The van der Waals surface area contributed by atoms with E-state index in [9.17, 15) is 0 Å². The summed E-state index contributed by atoms with van der Waals surface area (Å²) in [6.45, 7) is 3.98. The Balaban J connectivity index is 2.36. The molecule has 3 nitrogen and oxygen atoms in total. The molecule has 0 N–H and O–H groups in total. The van der Waals surface area contributed by atoms with Crippen molar-refractivity contribution in [2.75, 3.05) is 0 Å². The first kappa shape index (κ1) is 13.6. The van der Waals surface area contributed by atoms with E-state index in [-0.39, 0.29) is 5.38 Å². The molecule has 0 saturated carbocycles. The molecule has 2 heterocycles. The van der Waals surface area contributed by atoms with E-state index in [2.05, 4.69) is 51.0 Å². The molecular formula is C15H13BrClN3. The van der Waals surface area contributed by atoms with Gasteiger partial charge in [-0.05, 0) is 59.6 Å². The van der Waals surface area contributed by atoms with Gasteiger partial charge in [0.1, 0.15) is 11.3 Å². The molecule has 1 atom stereocenters. The lowest BCUT2D eigenvalue weighted by Crippen LogP contribution is -2.03. The number of alkyl halides is 1. The van der Waals surface area contributed by atoms with E-state index in [4.69, 9.17) is 11.6 Å². The normalized spacial score (nSPS) is 12.8. The van der Waals surface area contributed by atoms with Crippen LogP contribution in [0.3, 0.4) is 0 Å². The van der Waals surface area contributed by atoms with Gasteiger partial charge in [-0.2, -0.15) is 0 Å². The van der Waals surface area contributed by atoms with Crippen LogP contribution in [0.2, 0.25) is 0 Å². The number of halogens is 2. The largest absolute Gasteiger partial charge is 0.278 e. The molecule has 1 aromatic carbocycles. The lowest BCUT2D eigenvalue weighted by atomic mass is 10.2. The topological polar surface area (TPSA) is 30.7 Å². The van der Waals surface area contributed by atoms with Gasteiger partial charge in [-0.1, -0.05) is 6.07 Å². The van der Waals surface area contributed by atoms with Crippen LogP contribution >= 0.6 is 27.5 Å². The first-order valence-corrected chi connectivity index (χ1v) is 7.55. The van der Waals surface area contributed by atoms with Crippen LogP contribution in [0.25, 0.3) is 16.9 Å². The molecule has 1 unspecified atom stereocenters. The van der Waals surface area contributed by atoms with E-state index >= 15 is 0 Å². The summed E-state index contributed by atoms with van der Waals surface area (Å²) >= 11 is 9.90. The predicted molar refractivity (Wildman–Crippen MR) is 85.6 cm³/mol. The smallest absolute Gasteiger partial charge is 0.164 e. The van der Waals surface area contributed by atoms with Crippen LogP contribution in [0.5, 0.6) is 0 Å². The molecule has 0 saturated heterocycles. The Morgan fingerprint density at radius 1 is 1.30 bits per heavy atom. The molecule has 0 aliphatic carbocycles. The van der Waals surface area contributed by atoms with Gasteiger partial charge in [0.15, 0.2) is 5.65 Å². The van der Waals surface area contributed by atoms with E-state index in [1.54, 1.807) is 6.20 Å². The lowest BCUT2D eigenvalue weighted by Gasteiger charge is -2.12. The summed E-state index contributed by atoms with van der Waals surface area (Å²) in [6, 6.07) is 10.0. The van der Waals surface area contributed by atoms with Crippen molar-refractivity contribution in [3.8, 4) is 5.69 Å². The van der Waals surface area contributed by atoms with Crippen molar-refractivity contribution in [1.29, 1.82) is 0 Å². The highest BCUT2D eigenvalue weighted by Crippen LogP contribution is 2.31. The van der Waals surface area contributed by atoms with E-state index in [1.165, 1.54) is 5.56 Å². The van der Waals surface area contributed by atoms with E-state index in [1.807, 2.05) is 23.6 Å². The van der Waals surface area contributed by atoms with Crippen LogP contribution in [0.4, 0.5) is 0 Å². The molecule has 20 heavy (non-hydrogen) atoms. The minimum absolute atomic E-state index is 0.197. The molecule has 3 aromatic rings. The maximum atomic E-state index is 6.29. The molecule has 102 valence electrons. The first-order chi connectivity index (χ1) is 9.58. The van der Waals surface area contributed by atoms with Crippen molar-refractivity contribution in [3.63, 3.8) is 0 Å². The van der Waals surface area contributed by atoms with E-state index in [0.29, 0.717) is 0 Å². The number of hydrogen-bond acceptors (Lipinski definition) is 2. The van der Waals surface area contributed by atoms with Crippen molar-refractivity contribution in [1.82, 2.24) is 14.5 Å². The maximum absolute atomic E-state index is 6.29. The van der Waals surface area contributed by atoms with Crippen molar-refractivity contribution in [2.24, 2.45) is 0 Å². The van der Waals surface area contributed by atoms with Crippen LogP contribution in [-0.2, 0) is 0 Å². The van der Waals surface area contributed by atoms with Crippen molar-refractivity contribution in [2.45, 2.75) is 19.2 Å². The number of pyridine rings is 1. The summed E-state index contributed by atoms with van der Waals surface area (Å²) in [5, 5.41) is -0.197. The van der Waals surface area contributed by atoms with Gasteiger partial charge in [-0.15, -0.1) is 11.6 Å². The van der Waals surface area contributed by atoms with Crippen molar-refractivity contribution < 1.29 is 0 Å². The molecule has 0 radical (unpaired) electrons. The van der Waals surface area contributed by atoms with Crippen LogP contribution in [0.1, 0.15) is 23.7 Å². The Hall–Kier alpha value is -1.39. The molecular weight excluding hydrogens is 338 g/mol. The van der Waals surface area contributed by atoms with E-state index < -0.39 is 0 Å². The molecule has 5 heteroatoms. The van der Waals surface area contributed by atoms with Gasteiger partial charge in [0.25, 0.3) is 0 Å². The summed E-state index contributed by atoms with van der Waals surface area (Å²) in [5.74, 6) is 0.796. The molecule has 0 amide bonds. The fourth-order valence-corrected chi connectivity index (χ4v) is 3.04. The number of fused-ring (bicyclic) bond motifs is 1. The van der Waals surface area contributed by atoms with Crippen LogP contribution in [0.15, 0.2) is 41.0 Å². The molecule has 0 spiro atoms. The Morgan fingerprint density at radius 2 is 2.10 bits per heavy atom. The zero-order valence-electron chi connectivity index (χ0n) is 11.1. The third kappa shape index (κ3) is 2.23. The molecule has 0 aliphatic rings. The van der Waals surface area contributed by atoms with E-state index in [0.717, 1.165) is 27.1 Å². The highest BCUT2D eigenvalue weighted by molar-refractivity contribution is 9.10. The second-order valence-corrected chi connectivity index (χ2v) is 6.23. The first-order valence-electron chi connectivity index (χ1n) is 6.32. The molecule has 0 bridgehead atoms. The quantitative estimate of drug-likeness (QED) is 0.622. The van der Waals surface area contributed by atoms with Crippen LogP contribution in [-0.4, -0.2) is 14.5 Å². The van der Waals surface area contributed by atoms with Crippen LogP contribution < -0.4 is 0 Å². The third-order valence-electron chi connectivity index (χ3n) is 3.14. The highest BCUT2D eigenvalue weighted by Gasteiger charge is 2.18. The number of rotatable bonds is 2. The van der Waals surface area contributed by atoms with Gasteiger partial charge in [0.05, 0.1) is 11.1 Å². The monoisotopic (exact) mass is 349 g/mol. The fraction of sp³-hybridized carbons (Fsp3) is 0.200. The van der Waals surface area contributed by atoms with Gasteiger partial charge in [-0.25, -0.2) is 9.97 Å². The average molecular weight is 351 g/mol. The molecule has 0 fully saturated rings. The van der Waals surface area contributed by atoms with Crippen LogP contribution in [0, 0.1) is 6.92 Å². The fourth-order valence-electron chi connectivity index (χ4n) is 2.23.